The second kappa shape index (κ2) is 13.6. The van der Waals surface area contributed by atoms with Crippen molar-refractivity contribution >= 4 is 35.1 Å². The normalized spacial score (nSPS) is 18.9. The molecule has 1 aromatic carbocycles. The van der Waals surface area contributed by atoms with Gasteiger partial charge in [-0.05, 0) is 30.7 Å². The number of esters is 2. The summed E-state index contributed by atoms with van der Waals surface area (Å²) < 4.78 is 16.4. The van der Waals surface area contributed by atoms with Gasteiger partial charge in [0.15, 0.2) is 6.10 Å². The third-order valence-electron chi connectivity index (χ3n) is 6.81. The zero-order valence-electron chi connectivity index (χ0n) is 22.9. The lowest BCUT2D eigenvalue weighted by Crippen LogP contribution is -2.44. The first-order valence-corrected chi connectivity index (χ1v) is 13.7. The highest BCUT2D eigenvalue weighted by Crippen LogP contribution is 2.45. The molecule has 0 radical (unpaired) electrons. The molecule has 216 valence electrons. The Bertz CT molecular complexity index is 1310. The van der Waals surface area contributed by atoms with Gasteiger partial charge in [0.25, 0.3) is 0 Å². The summed E-state index contributed by atoms with van der Waals surface area (Å²) in [5.74, 6) is -2.06. The predicted octanol–water partition coefficient (Wildman–Crippen LogP) is 2.22. The molecule has 0 bridgehead atoms. The average Bonchev–Trinajstić information content (AvgIpc) is 3.42. The van der Waals surface area contributed by atoms with Crippen LogP contribution in [0.15, 0.2) is 40.7 Å². The van der Waals surface area contributed by atoms with E-state index in [2.05, 4.69) is 30.9 Å². The Hall–Kier alpha value is -3.03. The maximum Gasteiger partial charge on any atom is 0.336 e. The van der Waals surface area contributed by atoms with Gasteiger partial charge >= 0.3 is 11.9 Å². The highest BCUT2D eigenvalue weighted by molar-refractivity contribution is 6.42. The molecule has 4 rings (SSSR count). The third kappa shape index (κ3) is 6.31. The molecule has 1 aromatic heterocycles. The first kappa shape index (κ1) is 29.9. The van der Waals surface area contributed by atoms with Gasteiger partial charge in [0, 0.05) is 45.5 Å². The Morgan fingerprint density at radius 2 is 1.88 bits per heavy atom. The molecular formula is C26H33Cl2N7O5. The molecule has 12 nitrogen and oxygen atoms in total. The Morgan fingerprint density at radius 1 is 1.12 bits per heavy atom. The fourth-order valence-corrected chi connectivity index (χ4v) is 5.32. The summed E-state index contributed by atoms with van der Waals surface area (Å²) in [6.07, 6.45) is -0.943. The van der Waals surface area contributed by atoms with Gasteiger partial charge in [-0.25, -0.2) is 9.59 Å². The van der Waals surface area contributed by atoms with Crippen LogP contribution in [-0.4, -0.2) is 90.6 Å². The molecule has 14 heteroatoms. The van der Waals surface area contributed by atoms with Crippen molar-refractivity contribution in [3.05, 3.63) is 62.2 Å². The standard InChI is InChI=1S/C26H33Cl2N7O5/c1-5-40-26(37)20-19(16-7-6-8-17(27)21(16)28)18(25(36)39-4)15(2)30-22(20)23(38-3)24-31-33-35(32-24)14-13-34-11-9-29-10-12-34/h6-8,19,23,29-30H,5,9-14H2,1-4H3. The summed E-state index contributed by atoms with van der Waals surface area (Å²) in [7, 11) is 2.74. The Kier molecular flexibility index (Phi) is 10.1. The second-order valence-electron chi connectivity index (χ2n) is 9.23. The van der Waals surface area contributed by atoms with E-state index in [-0.39, 0.29) is 33.6 Å². The monoisotopic (exact) mass is 593 g/mol. The molecule has 2 unspecified atom stereocenters. The van der Waals surface area contributed by atoms with Crippen LogP contribution in [0.3, 0.4) is 0 Å². The third-order valence-corrected chi connectivity index (χ3v) is 7.65. The smallest absolute Gasteiger partial charge is 0.336 e. The van der Waals surface area contributed by atoms with E-state index >= 15 is 0 Å². The van der Waals surface area contributed by atoms with Crippen LogP contribution in [0, 0.1) is 0 Å². The van der Waals surface area contributed by atoms with Gasteiger partial charge in [0.1, 0.15) is 0 Å². The Labute approximate surface area is 242 Å². The molecule has 2 aliphatic heterocycles. The lowest BCUT2D eigenvalue weighted by Gasteiger charge is -2.33. The lowest BCUT2D eigenvalue weighted by atomic mass is 9.79. The number of aromatic nitrogens is 4. The number of ether oxygens (including phenoxy) is 3. The van der Waals surface area contributed by atoms with E-state index in [1.54, 1.807) is 32.0 Å². The summed E-state index contributed by atoms with van der Waals surface area (Å²) in [5, 5.41) is 20.0. The molecule has 0 aliphatic carbocycles. The summed E-state index contributed by atoms with van der Waals surface area (Å²) in [5.41, 5.74) is 1.44. The number of benzene rings is 1. The van der Waals surface area contributed by atoms with E-state index in [0.29, 0.717) is 23.5 Å². The van der Waals surface area contributed by atoms with E-state index in [9.17, 15) is 9.59 Å². The van der Waals surface area contributed by atoms with E-state index in [1.165, 1.54) is 19.0 Å². The molecule has 40 heavy (non-hydrogen) atoms. The minimum Gasteiger partial charge on any atom is -0.466 e. The van der Waals surface area contributed by atoms with Crippen LogP contribution in [0.4, 0.5) is 0 Å². The van der Waals surface area contributed by atoms with Gasteiger partial charge in [0.2, 0.25) is 5.82 Å². The fourth-order valence-electron chi connectivity index (χ4n) is 4.91. The molecule has 0 saturated carbocycles. The summed E-state index contributed by atoms with van der Waals surface area (Å²) >= 11 is 13.0. The molecule has 2 N–H and O–H groups in total. The molecule has 2 aliphatic rings. The number of nitrogens with one attached hydrogen (secondary N) is 2. The number of piperazine rings is 1. The quantitative estimate of drug-likeness (QED) is 0.393. The van der Waals surface area contributed by atoms with Crippen molar-refractivity contribution in [3.63, 3.8) is 0 Å². The summed E-state index contributed by atoms with van der Waals surface area (Å²) in [4.78, 5) is 30.5. The SMILES string of the molecule is CCOC(=O)C1=C(C(OC)c2nnn(CCN3CCNCC3)n2)NC(C)=C(C(=O)OC)C1c1cccc(Cl)c1Cl. The molecule has 3 heterocycles. The van der Waals surface area contributed by atoms with Gasteiger partial charge in [0.05, 0.1) is 53.1 Å². The molecule has 0 amide bonds. The van der Waals surface area contributed by atoms with Crippen molar-refractivity contribution in [3.8, 4) is 0 Å². The van der Waals surface area contributed by atoms with E-state index in [0.717, 1.165) is 32.7 Å². The van der Waals surface area contributed by atoms with Crippen molar-refractivity contribution in [2.24, 2.45) is 0 Å². The first-order chi connectivity index (χ1) is 19.3. The first-order valence-electron chi connectivity index (χ1n) is 12.9. The Balaban J connectivity index is 1.79. The number of carbonyl (C=O) groups excluding carboxylic acids is 2. The number of methoxy groups -OCH3 is 2. The number of hydrogen-bond acceptors (Lipinski definition) is 11. The average molecular weight is 595 g/mol. The van der Waals surface area contributed by atoms with Crippen LogP contribution in [0.1, 0.15) is 37.3 Å². The number of hydrogen-bond donors (Lipinski definition) is 2. The van der Waals surface area contributed by atoms with Crippen molar-refractivity contribution in [2.45, 2.75) is 32.4 Å². The number of allylic oxidation sites excluding steroid dienone is 1. The van der Waals surface area contributed by atoms with Gasteiger partial charge in [-0.1, -0.05) is 35.3 Å². The molecule has 1 fully saturated rings. The van der Waals surface area contributed by atoms with Crippen molar-refractivity contribution in [1.29, 1.82) is 0 Å². The second-order valence-corrected chi connectivity index (χ2v) is 10.0. The predicted molar refractivity (Wildman–Crippen MR) is 148 cm³/mol. The minimum absolute atomic E-state index is 0.0972. The molecule has 2 aromatic rings. The van der Waals surface area contributed by atoms with Crippen LogP contribution in [0.2, 0.25) is 10.0 Å². The lowest BCUT2D eigenvalue weighted by molar-refractivity contribution is -0.139. The highest BCUT2D eigenvalue weighted by atomic mass is 35.5. The van der Waals surface area contributed by atoms with Gasteiger partial charge < -0.3 is 24.8 Å². The van der Waals surface area contributed by atoms with Crippen molar-refractivity contribution < 1.29 is 23.8 Å². The van der Waals surface area contributed by atoms with Gasteiger partial charge in [-0.2, -0.15) is 4.80 Å². The number of halogens is 2. The number of nitrogens with zero attached hydrogens (tertiary/aromatic N) is 5. The van der Waals surface area contributed by atoms with Crippen molar-refractivity contribution in [2.75, 3.05) is 53.6 Å². The highest BCUT2D eigenvalue weighted by Gasteiger charge is 2.43. The number of rotatable bonds is 10. The molecule has 0 spiro atoms. The van der Waals surface area contributed by atoms with Crippen LogP contribution in [0.5, 0.6) is 0 Å². The maximum atomic E-state index is 13.6. The molecule has 2 atom stereocenters. The largest absolute Gasteiger partial charge is 0.466 e. The zero-order chi connectivity index (χ0) is 28.8. The molecular weight excluding hydrogens is 561 g/mol. The number of carbonyl (C=O) groups is 2. The van der Waals surface area contributed by atoms with Gasteiger partial charge in [-0.15, -0.1) is 10.2 Å². The summed E-state index contributed by atoms with van der Waals surface area (Å²) in [6.45, 7) is 8.57. The van der Waals surface area contributed by atoms with E-state index < -0.39 is 24.0 Å². The topological polar surface area (TPSA) is 133 Å². The van der Waals surface area contributed by atoms with Crippen LogP contribution in [0.25, 0.3) is 0 Å². The minimum atomic E-state index is -0.977. The van der Waals surface area contributed by atoms with Crippen LogP contribution < -0.4 is 10.6 Å². The van der Waals surface area contributed by atoms with Gasteiger partial charge in [-0.3, -0.25) is 4.90 Å². The van der Waals surface area contributed by atoms with E-state index in [1.807, 2.05) is 0 Å². The fraction of sp³-hybridized carbons (Fsp3) is 0.500. The zero-order valence-corrected chi connectivity index (χ0v) is 24.4. The Morgan fingerprint density at radius 3 is 2.55 bits per heavy atom. The number of tetrazole rings is 1. The van der Waals surface area contributed by atoms with E-state index in [4.69, 9.17) is 37.4 Å². The maximum absolute atomic E-state index is 13.6. The van der Waals surface area contributed by atoms with Crippen LogP contribution >= 0.6 is 23.2 Å². The molecule has 1 saturated heterocycles. The summed E-state index contributed by atoms with van der Waals surface area (Å²) in [6, 6.07) is 5.01. The van der Waals surface area contributed by atoms with Crippen molar-refractivity contribution in [1.82, 2.24) is 35.7 Å². The van der Waals surface area contributed by atoms with Crippen LogP contribution in [-0.2, 0) is 30.3 Å². The number of dihydropyridines is 1.